The number of hydrogen-bond acceptors (Lipinski definition) is 3. The van der Waals surface area contributed by atoms with E-state index in [1.165, 1.54) is 7.11 Å². The Morgan fingerprint density at radius 3 is 2.76 bits per heavy atom. The number of benzene rings is 1. The molecule has 0 unspecified atom stereocenters. The fraction of sp³-hybridized carbons (Fsp3) is 0.167. The summed E-state index contributed by atoms with van der Waals surface area (Å²) in [4.78, 5) is 17.6. The van der Waals surface area contributed by atoms with E-state index >= 15 is 0 Å². The normalized spacial score (nSPS) is 10.2. The number of methoxy groups -OCH3 is 1. The summed E-state index contributed by atoms with van der Waals surface area (Å²) in [7, 11) is 1.39. The number of carbonyl (C=O) groups excluding carboxylic acids is 1. The molecule has 0 saturated heterocycles. The van der Waals surface area contributed by atoms with Gasteiger partial charge in [-0.05, 0) is 0 Å². The first-order chi connectivity index (χ1) is 8.19. The Kier molecular flexibility index (Phi) is 4.00. The van der Waals surface area contributed by atoms with Crippen molar-refractivity contribution in [2.24, 2.45) is 0 Å². The summed E-state index contributed by atoms with van der Waals surface area (Å²) in [5.41, 5.74) is 1.94. The van der Waals surface area contributed by atoms with Gasteiger partial charge in [0, 0.05) is 0 Å². The van der Waals surface area contributed by atoms with E-state index in [0.29, 0.717) is 5.02 Å². The van der Waals surface area contributed by atoms with Gasteiger partial charge < -0.3 is 0 Å². The van der Waals surface area contributed by atoms with Crippen LogP contribution in [0.3, 0.4) is 0 Å². The Bertz CT molecular complexity index is 522. The van der Waals surface area contributed by atoms with E-state index in [0.717, 1.165) is 15.8 Å². The van der Waals surface area contributed by atoms with Crippen molar-refractivity contribution in [1.82, 2.24) is 4.98 Å². The molecule has 2 aromatic rings. The monoisotopic (exact) mass is 315 g/mol. The summed E-state index contributed by atoms with van der Waals surface area (Å²) in [5.74, 6) is -0.239. The van der Waals surface area contributed by atoms with Crippen molar-refractivity contribution in [3.05, 3.63) is 38.8 Å². The molecule has 0 aliphatic rings. The van der Waals surface area contributed by atoms with Crippen molar-refractivity contribution < 1.29 is 9.53 Å². The minimum atomic E-state index is -0.239. The van der Waals surface area contributed by atoms with Crippen molar-refractivity contribution >= 4 is 32.1 Å². The average Bonchev–Trinajstić information content (AvgIpc) is 2.78. The van der Waals surface area contributed by atoms with Gasteiger partial charge in [-0.2, -0.15) is 0 Å². The fourth-order valence-electron chi connectivity index (χ4n) is 1.34. The Balaban J connectivity index is 2.18. The van der Waals surface area contributed by atoms with Crippen molar-refractivity contribution in [2.75, 3.05) is 7.11 Å². The summed E-state index contributed by atoms with van der Waals surface area (Å²) in [6.07, 6.45) is 0.282. The molecule has 0 N–H and O–H groups in total. The van der Waals surface area contributed by atoms with Gasteiger partial charge in [-0.15, -0.1) is 0 Å². The first-order valence-electron chi connectivity index (χ1n) is 4.96. The van der Waals surface area contributed by atoms with Crippen LogP contribution in [0, 0.1) is 0 Å². The van der Waals surface area contributed by atoms with Crippen LogP contribution in [0.15, 0.2) is 29.2 Å². The van der Waals surface area contributed by atoms with Gasteiger partial charge in [0.2, 0.25) is 0 Å². The Morgan fingerprint density at radius 2 is 2.12 bits per heavy atom. The molecule has 0 aliphatic carbocycles. The van der Waals surface area contributed by atoms with Crippen LogP contribution in [0.2, 0.25) is 5.02 Å². The zero-order valence-electron chi connectivity index (χ0n) is 9.14. The number of esters is 1. The molecule has 1 aromatic heterocycles. The molecular formula is C12H10ClNO2Se. The Labute approximate surface area is 110 Å². The van der Waals surface area contributed by atoms with Gasteiger partial charge in [-0.1, -0.05) is 0 Å². The number of rotatable bonds is 3. The third kappa shape index (κ3) is 3.19. The van der Waals surface area contributed by atoms with Gasteiger partial charge >= 0.3 is 110 Å². The van der Waals surface area contributed by atoms with Crippen LogP contribution in [0.5, 0.6) is 0 Å². The predicted molar refractivity (Wildman–Crippen MR) is 67.3 cm³/mol. The van der Waals surface area contributed by atoms with E-state index in [2.05, 4.69) is 14.7 Å². The van der Waals surface area contributed by atoms with Crippen LogP contribution in [-0.2, 0) is 16.0 Å². The van der Waals surface area contributed by atoms with Crippen LogP contribution in [0.1, 0.15) is 4.57 Å². The van der Waals surface area contributed by atoms with Crippen LogP contribution >= 0.6 is 11.6 Å². The van der Waals surface area contributed by atoms with Crippen LogP contribution in [0.4, 0.5) is 0 Å². The zero-order valence-corrected chi connectivity index (χ0v) is 11.6. The maximum atomic E-state index is 11.1. The summed E-state index contributed by atoms with van der Waals surface area (Å²) in [5, 5.41) is 0.705. The first-order valence-corrected chi connectivity index (χ1v) is 7.18. The van der Waals surface area contributed by atoms with Crippen LogP contribution in [0.25, 0.3) is 11.3 Å². The molecular weight excluding hydrogens is 305 g/mol. The molecule has 0 saturated carbocycles. The van der Waals surface area contributed by atoms with E-state index < -0.39 is 0 Å². The average molecular weight is 315 g/mol. The molecule has 5 heteroatoms. The van der Waals surface area contributed by atoms with Crippen molar-refractivity contribution in [3.63, 3.8) is 0 Å². The second-order valence-corrected chi connectivity index (χ2v) is 5.80. The molecule has 0 amide bonds. The molecule has 0 fully saturated rings. The van der Waals surface area contributed by atoms with Gasteiger partial charge in [0.25, 0.3) is 0 Å². The second kappa shape index (κ2) is 5.50. The molecule has 0 radical (unpaired) electrons. The maximum absolute atomic E-state index is 11.1. The number of carbonyl (C=O) groups is 1. The number of halogens is 1. The molecule has 0 atom stereocenters. The third-order valence-electron chi connectivity index (χ3n) is 2.21. The zero-order chi connectivity index (χ0) is 12.3. The van der Waals surface area contributed by atoms with E-state index in [9.17, 15) is 4.79 Å². The van der Waals surface area contributed by atoms with Crippen LogP contribution < -0.4 is 0 Å². The van der Waals surface area contributed by atoms with Gasteiger partial charge in [-0.3, -0.25) is 0 Å². The van der Waals surface area contributed by atoms with Crippen LogP contribution in [-0.4, -0.2) is 32.6 Å². The van der Waals surface area contributed by atoms with Crippen molar-refractivity contribution in [2.45, 2.75) is 6.42 Å². The molecule has 1 aromatic carbocycles. The first kappa shape index (κ1) is 12.4. The fourth-order valence-corrected chi connectivity index (χ4v) is 3.12. The predicted octanol–water partition coefficient (Wildman–Crippen LogP) is 2.17. The van der Waals surface area contributed by atoms with Gasteiger partial charge in [-0.25, -0.2) is 0 Å². The molecule has 1 heterocycles. The SMILES string of the molecule is COC(=O)Cc1nc(-c2ccc(Cl)cc2)c[se]1. The molecule has 0 bridgehead atoms. The van der Waals surface area contributed by atoms with Gasteiger partial charge in [0.05, 0.1) is 0 Å². The topological polar surface area (TPSA) is 39.2 Å². The van der Waals surface area contributed by atoms with Gasteiger partial charge in [0.1, 0.15) is 0 Å². The Hall–Kier alpha value is -1.09. The van der Waals surface area contributed by atoms with E-state index in [1.54, 1.807) is 0 Å². The van der Waals surface area contributed by atoms with Gasteiger partial charge in [0.15, 0.2) is 0 Å². The number of hydrogen-bond donors (Lipinski definition) is 0. The summed E-state index contributed by atoms with van der Waals surface area (Å²) in [6, 6.07) is 7.51. The van der Waals surface area contributed by atoms with Crippen molar-refractivity contribution in [3.8, 4) is 11.3 Å². The molecule has 2 rings (SSSR count). The minimum absolute atomic E-state index is 0.142. The summed E-state index contributed by atoms with van der Waals surface area (Å²) < 4.78 is 5.52. The molecule has 17 heavy (non-hydrogen) atoms. The van der Waals surface area contributed by atoms with E-state index in [4.69, 9.17) is 11.6 Å². The number of aromatic nitrogens is 1. The molecule has 88 valence electrons. The third-order valence-corrected chi connectivity index (χ3v) is 4.25. The summed E-state index contributed by atoms with van der Waals surface area (Å²) >= 11 is 5.96. The number of ether oxygens (including phenoxy) is 1. The molecule has 0 spiro atoms. The standard InChI is InChI=1S/C12H10ClNO2Se/c1-16-12(15)6-11-14-10(7-17-11)8-2-4-9(13)5-3-8/h2-5,7H,6H2,1H3. The number of nitrogens with zero attached hydrogens (tertiary/aromatic N) is 1. The second-order valence-electron chi connectivity index (χ2n) is 3.39. The molecule has 0 aliphatic heterocycles. The summed E-state index contributed by atoms with van der Waals surface area (Å²) in [6.45, 7) is 0. The quantitative estimate of drug-likeness (QED) is 0.644. The van der Waals surface area contributed by atoms with Crippen molar-refractivity contribution in [1.29, 1.82) is 0 Å². The van der Waals surface area contributed by atoms with E-state index in [-0.39, 0.29) is 26.9 Å². The van der Waals surface area contributed by atoms with E-state index in [1.807, 2.05) is 24.3 Å². The molecule has 3 nitrogen and oxygen atoms in total. The Morgan fingerprint density at radius 1 is 1.41 bits per heavy atom.